The number of carbonyl (C=O) groups is 1. The standard InChI is InChI=1S/C27H25N5O3S/c1-3-20-12-14-21(15-13-20)25-16-17-27(30(28-25)22-8-5-4-6-9-22)31(29-26(36-27)19(2)33)23-10-7-11-24(18-23)32(34)35/h4-15,18H,3,16-17H2,1-2H3/t27-/m0/s1. The molecule has 8 nitrogen and oxygen atoms in total. The number of hydrazone groups is 2. The van der Waals surface area contributed by atoms with Crippen LogP contribution in [0.4, 0.5) is 17.1 Å². The molecule has 0 radical (unpaired) electrons. The van der Waals surface area contributed by atoms with Crippen molar-refractivity contribution in [2.24, 2.45) is 10.2 Å². The molecular weight excluding hydrogens is 474 g/mol. The van der Waals surface area contributed by atoms with Crippen LogP contribution in [0.1, 0.15) is 37.8 Å². The van der Waals surface area contributed by atoms with Gasteiger partial charge in [0.05, 0.1) is 22.0 Å². The Morgan fingerprint density at radius 3 is 2.36 bits per heavy atom. The van der Waals surface area contributed by atoms with E-state index in [4.69, 9.17) is 5.10 Å². The molecule has 2 aliphatic rings. The lowest BCUT2D eigenvalue weighted by atomic mass is 10.0. The van der Waals surface area contributed by atoms with Crippen molar-refractivity contribution in [1.29, 1.82) is 0 Å². The quantitative estimate of drug-likeness (QED) is 0.306. The molecule has 0 unspecified atom stereocenters. The van der Waals surface area contributed by atoms with Crippen LogP contribution in [0.3, 0.4) is 0 Å². The maximum atomic E-state index is 12.5. The van der Waals surface area contributed by atoms with Crippen molar-refractivity contribution in [1.82, 2.24) is 0 Å². The number of nitro groups is 1. The summed E-state index contributed by atoms with van der Waals surface area (Å²) in [6.07, 6.45) is 2.20. The van der Waals surface area contributed by atoms with Crippen LogP contribution in [-0.4, -0.2) is 26.5 Å². The molecular formula is C27H25N5O3S. The monoisotopic (exact) mass is 499 g/mol. The van der Waals surface area contributed by atoms with E-state index < -0.39 is 9.92 Å². The van der Waals surface area contributed by atoms with Crippen molar-refractivity contribution in [3.8, 4) is 0 Å². The highest BCUT2D eigenvalue weighted by Crippen LogP contribution is 2.50. The Kier molecular flexibility index (Phi) is 6.32. The predicted octanol–water partition coefficient (Wildman–Crippen LogP) is 5.97. The number of benzene rings is 3. The van der Waals surface area contributed by atoms with Crippen LogP contribution >= 0.6 is 11.8 Å². The average molecular weight is 500 g/mol. The molecule has 0 aliphatic carbocycles. The van der Waals surface area contributed by atoms with Crippen molar-refractivity contribution < 1.29 is 9.72 Å². The molecule has 1 spiro atoms. The van der Waals surface area contributed by atoms with Gasteiger partial charge in [-0.1, -0.05) is 55.5 Å². The predicted molar refractivity (Wildman–Crippen MR) is 145 cm³/mol. The summed E-state index contributed by atoms with van der Waals surface area (Å²) in [5.74, 6) is -0.162. The molecule has 2 heterocycles. The van der Waals surface area contributed by atoms with Crippen LogP contribution in [-0.2, 0) is 11.2 Å². The largest absolute Gasteiger partial charge is 0.292 e. The number of hydrogen-bond donors (Lipinski definition) is 0. The summed E-state index contributed by atoms with van der Waals surface area (Å²) >= 11 is 1.34. The number of hydrogen-bond acceptors (Lipinski definition) is 8. The highest BCUT2D eigenvalue weighted by molar-refractivity contribution is 8.17. The van der Waals surface area contributed by atoms with Gasteiger partial charge in [0.15, 0.2) is 10.8 Å². The summed E-state index contributed by atoms with van der Waals surface area (Å²) in [7, 11) is 0. The lowest BCUT2D eigenvalue weighted by molar-refractivity contribution is -0.384. The van der Waals surface area contributed by atoms with Crippen molar-refractivity contribution >= 4 is 45.4 Å². The van der Waals surface area contributed by atoms with Crippen molar-refractivity contribution in [3.05, 3.63) is 100 Å². The fourth-order valence-corrected chi connectivity index (χ4v) is 5.66. The van der Waals surface area contributed by atoms with Gasteiger partial charge in [-0.25, -0.2) is 10.0 Å². The van der Waals surface area contributed by atoms with Crippen molar-refractivity contribution in [2.45, 2.75) is 38.1 Å². The SMILES string of the molecule is CCc1ccc(C2=NN(c3ccccc3)[C@]3(CC2)SC(C(C)=O)=NN3c2cccc([N+](=O)[O-])c2)cc1. The second-order valence-corrected chi connectivity index (χ2v) is 9.88. The number of ketones is 1. The number of nitro benzene ring substituents is 1. The average Bonchev–Trinajstić information content (AvgIpc) is 3.29. The van der Waals surface area contributed by atoms with Gasteiger partial charge in [-0.05, 0) is 53.9 Å². The Hall–Kier alpha value is -3.98. The molecule has 3 aromatic carbocycles. The zero-order valence-corrected chi connectivity index (χ0v) is 20.8. The normalized spacial score (nSPS) is 19.3. The van der Waals surface area contributed by atoms with E-state index in [0.717, 1.165) is 23.4 Å². The molecule has 0 saturated carbocycles. The number of rotatable bonds is 6. The first-order valence-electron chi connectivity index (χ1n) is 11.8. The highest BCUT2D eigenvalue weighted by Gasteiger charge is 2.53. The first-order chi connectivity index (χ1) is 17.4. The third kappa shape index (κ3) is 4.26. The van der Waals surface area contributed by atoms with E-state index in [1.807, 2.05) is 35.3 Å². The molecule has 0 saturated heterocycles. The maximum Gasteiger partial charge on any atom is 0.271 e. The molecule has 0 fully saturated rings. The topological polar surface area (TPSA) is 91.4 Å². The van der Waals surface area contributed by atoms with E-state index in [0.29, 0.717) is 23.6 Å². The van der Waals surface area contributed by atoms with Gasteiger partial charge >= 0.3 is 0 Å². The molecule has 1 atom stereocenters. The smallest absolute Gasteiger partial charge is 0.271 e. The minimum absolute atomic E-state index is 0.0404. The van der Waals surface area contributed by atoms with E-state index in [1.54, 1.807) is 17.1 Å². The number of non-ortho nitro benzene ring substituents is 1. The summed E-state index contributed by atoms with van der Waals surface area (Å²) in [6.45, 7) is 3.61. The van der Waals surface area contributed by atoms with E-state index >= 15 is 0 Å². The van der Waals surface area contributed by atoms with Gasteiger partial charge < -0.3 is 0 Å². The fourth-order valence-electron chi connectivity index (χ4n) is 4.42. The molecule has 5 rings (SSSR count). The van der Waals surface area contributed by atoms with Gasteiger partial charge in [0.25, 0.3) is 5.69 Å². The molecule has 0 N–H and O–H groups in total. The Morgan fingerprint density at radius 1 is 1.00 bits per heavy atom. The summed E-state index contributed by atoms with van der Waals surface area (Å²) in [6, 6.07) is 24.5. The third-order valence-electron chi connectivity index (χ3n) is 6.30. The molecule has 0 amide bonds. The summed E-state index contributed by atoms with van der Waals surface area (Å²) in [4.78, 5) is 22.6. The van der Waals surface area contributed by atoms with Crippen LogP contribution in [0.25, 0.3) is 0 Å². The van der Waals surface area contributed by atoms with Crippen LogP contribution in [0, 0.1) is 10.1 Å². The number of anilines is 2. The maximum absolute atomic E-state index is 12.5. The highest BCUT2D eigenvalue weighted by atomic mass is 32.2. The number of carbonyl (C=O) groups excluding carboxylic acids is 1. The molecule has 0 aromatic heterocycles. The van der Waals surface area contributed by atoms with Crippen molar-refractivity contribution in [3.63, 3.8) is 0 Å². The van der Waals surface area contributed by atoms with Gasteiger partial charge in [0.1, 0.15) is 0 Å². The Bertz CT molecular complexity index is 1370. The van der Waals surface area contributed by atoms with Crippen LogP contribution in [0.15, 0.2) is 89.1 Å². The number of thioether (sulfide) groups is 1. The Balaban J connectivity index is 1.65. The number of nitrogens with zero attached hydrogens (tertiary/aromatic N) is 5. The van der Waals surface area contributed by atoms with Gasteiger partial charge in [0.2, 0.25) is 4.99 Å². The second-order valence-electron chi connectivity index (χ2n) is 8.64. The Morgan fingerprint density at radius 2 is 1.69 bits per heavy atom. The van der Waals surface area contributed by atoms with Crippen LogP contribution < -0.4 is 10.0 Å². The van der Waals surface area contributed by atoms with E-state index in [2.05, 4.69) is 36.3 Å². The van der Waals surface area contributed by atoms with Gasteiger partial charge in [0, 0.05) is 25.5 Å². The van der Waals surface area contributed by atoms with E-state index in [9.17, 15) is 14.9 Å². The van der Waals surface area contributed by atoms with E-state index in [-0.39, 0.29) is 11.5 Å². The number of para-hydroxylation sites is 1. The first kappa shape index (κ1) is 23.7. The van der Waals surface area contributed by atoms with Crippen LogP contribution in [0.5, 0.6) is 0 Å². The second kappa shape index (κ2) is 9.58. The lowest BCUT2D eigenvalue weighted by Gasteiger charge is -2.46. The lowest BCUT2D eigenvalue weighted by Crippen LogP contribution is -2.56. The van der Waals surface area contributed by atoms with Crippen LogP contribution in [0.2, 0.25) is 0 Å². The minimum Gasteiger partial charge on any atom is -0.292 e. The van der Waals surface area contributed by atoms with Gasteiger partial charge in [-0.3, -0.25) is 14.9 Å². The number of aryl methyl sites for hydroxylation is 1. The fraction of sp³-hybridized carbons (Fsp3) is 0.222. The third-order valence-corrected chi connectivity index (χ3v) is 7.74. The van der Waals surface area contributed by atoms with Crippen molar-refractivity contribution in [2.75, 3.05) is 10.0 Å². The summed E-state index contributed by atoms with van der Waals surface area (Å²) in [5, 5.41) is 25.2. The molecule has 3 aromatic rings. The summed E-state index contributed by atoms with van der Waals surface area (Å²) < 4.78 is 0. The number of Topliss-reactive ketones (excluding diaryl/α,β-unsaturated/α-hetero) is 1. The molecule has 2 aliphatic heterocycles. The summed E-state index contributed by atoms with van der Waals surface area (Å²) in [5.41, 5.74) is 4.56. The molecule has 36 heavy (non-hydrogen) atoms. The zero-order chi connectivity index (χ0) is 25.3. The van der Waals surface area contributed by atoms with E-state index in [1.165, 1.54) is 36.4 Å². The molecule has 0 bridgehead atoms. The molecule has 182 valence electrons. The minimum atomic E-state index is -0.898. The van der Waals surface area contributed by atoms with Gasteiger partial charge in [-0.15, -0.1) is 0 Å². The van der Waals surface area contributed by atoms with Gasteiger partial charge in [-0.2, -0.15) is 10.2 Å². The molecule has 9 heteroatoms. The first-order valence-corrected chi connectivity index (χ1v) is 12.6. The Labute approximate surface area is 213 Å². The zero-order valence-electron chi connectivity index (χ0n) is 20.0.